The highest BCUT2D eigenvalue weighted by Crippen LogP contribution is 2.30. The molecule has 1 atom stereocenters. The lowest BCUT2D eigenvalue weighted by Crippen LogP contribution is -2.17. The van der Waals surface area contributed by atoms with Gasteiger partial charge in [-0.1, -0.05) is 40.9 Å². The summed E-state index contributed by atoms with van der Waals surface area (Å²) < 4.78 is 7.51. The van der Waals surface area contributed by atoms with Gasteiger partial charge in [-0.3, -0.25) is 0 Å². The lowest BCUT2D eigenvalue weighted by molar-refractivity contribution is -0.742. The maximum atomic E-state index is 12.5. The van der Waals surface area contributed by atoms with E-state index < -0.39 is 17.2 Å². The fourth-order valence-corrected chi connectivity index (χ4v) is 2.99. The molecular formula is C18H14Cl3N3O5. The van der Waals surface area contributed by atoms with Crippen molar-refractivity contribution >= 4 is 40.8 Å². The summed E-state index contributed by atoms with van der Waals surface area (Å²) in [4.78, 5) is 24.9. The average molecular weight is 459 g/mol. The van der Waals surface area contributed by atoms with Crippen LogP contribution >= 0.6 is 34.8 Å². The van der Waals surface area contributed by atoms with Crippen LogP contribution in [0.25, 0.3) is 0 Å². The second-order valence-corrected chi connectivity index (χ2v) is 6.84. The first-order valence-corrected chi connectivity index (χ1v) is 9.10. The van der Waals surface area contributed by atoms with E-state index >= 15 is 0 Å². The van der Waals surface area contributed by atoms with Gasteiger partial charge in [0.05, 0.1) is 18.4 Å². The molecule has 0 amide bonds. The largest absolute Gasteiger partial charge is 0.452 e. The molecule has 1 N–H and O–H groups in total. The summed E-state index contributed by atoms with van der Waals surface area (Å²) in [5.74, 6) is -0.465. The second kappa shape index (κ2) is 10.7. The minimum Gasteiger partial charge on any atom is -0.452 e. The van der Waals surface area contributed by atoms with Crippen LogP contribution in [0, 0.1) is 10.1 Å². The zero-order valence-corrected chi connectivity index (χ0v) is 16.9. The molecule has 1 unspecified atom stereocenters. The third kappa shape index (κ3) is 7.26. The first-order chi connectivity index (χ1) is 13.8. The van der Waals surface area contributed by atoms with Gasteiger partial charge < -0.3 is 14.5 Å². The highest BCUT2D eigenvalue weighted by atomic mass is 35.5. The molecule has 11 heteroatoms. The Morgan fingerprint density at radius 1 is 1.17 bits per heavy atom. The number of aromatic nitrogens is 2. The van der Waals surface area contributed by atoms with Crippen LogP contribution in [0.3, 0.4) is 0 Å². The molecule has 29 heavy (non-hydrogen) atoms. The summed E-state index contributed by atoms with van der Waals surface area (Å²) in [7, 11) is 0. The van der Waals surface area contributed by atoms with Crippen molar-refractivity contribution in [2.75, 3.05) is 0 Å². The molecule has 1 aromatic heterocycles. The molecule has 3 aromatic rings. The zero-order valence-electron chi connectivity index (χ0n) is 14.6. The number of ether oxygens (including phenoxy) is 1. The Hall–Kier alpha value is -2.81. The van der Waals surface area contributed by atoms with Gasteiger partial charge in [0.15, 0.2) is 0 Å². The number of carbonyl (C=O) groups excluding carboxylic acids is 1. The summed E-state index contributed by atoms with van der Waals surface area (Å²) in [6.07, 6.45) is 4.49. The van der Waals surface area contributed by atoms with E-state index in [0.29, 0.717) is 32.7 Å². The van der Waals surface area contributed by atoms with E-state index in [1.54, 1.807) is 61.2 Å². The van der Waals surface area contributed by atoms with E-state index in [1.807, 2.05) is 4.57 Å². The van der Waals surface area contributed by atoms with E-state index in [9.17, 15) is 4.79 Å². The van der Waals surface area contributed by atoms with E-state index in [4.69, 9.17) is 54.9 Å². The van der Waals surface area contributed by atoms with E-state index in [2.05, 4.69) is 4.98 Å². The zero-order chi connectivity index (χ0) is 21.4. The third-order valence-electron chi connectivity index (χ3n) is 3.57. The van der Waals surface area contributed by atoms with Crippen molar-refractivity contribution < 1.29 is 19.8 Å². The van der Waals surface area contributed by atoms with Gasteiger partial charge in [-0.25, -0.2) is 9.78 Å². The second-order valence-electron chi connectivity index (χ2n) is 5.56. The monoisotopic (exact) mass is 457 g/mol. The van der Waals surface area contributed by atoms with Crippen molar-refractivity contribution in [1.82, 2.24) is 9.55 Å². The molecule has 0 bridgehead atoms. The summed E-state index contributed by atoms with van der Waals surface area (Å²) >= 11 is 18.1. The van der Waals surface area contributed by atoms with Crippen LogP contribution in [0.15, 0.2) is 61.2 Å². The molecule has 0 aliphatic carbocycles. The summed E-state index contributed by atoms with van der Waals surface area (Å²) in [5, 5.41) is 15.1. The van der Waals surface area contributed by atoms with Crippen LogP contribution in [0.5, 0.6) is 0 Å². The van der Waals surface area contributed by atoms with Gasteiger partial charge in [-0.2, -0.15) is 0 Å². The Morgan fingerprint density at radius 3 is 2.34 bits per heavy atom. The molecule has 0 aliphatic rings. The molecule has 1 heterocycles. The predicted octanol–water partition coefficient (Wildman–Crippen LogP) is 5.09. The summed E-state index contributed by atoms with van der Waals surface area (Å²) in [6.45, 7) is 0.376. The normalized spacial score (nSPS) is 11.1. The topological polar surface area (TPSA) is 107 Å². The van der Waals surface area contributed by atoms with Crippen LogP contribution < -0.4 is 0 Å². The molecule has 152 valence electrons. The number of rotatable bonds is 5. The molecule has 0 saturated carbocycles. The van der Waals surface area contributed by atoms with Crippen molar-refractivity contribution in [3.05, 3.63) is 97.5 Å². The fraction of sp³-hybridized carbons (Fsp3) is 0.111. The van der Waals surface area contributed by atoms with Crippen molar-refractivity contribution in [3.8, 4) is 0 Å². The maximum Gasteiger partial charge on any atom is 0.338 e. The number of carbonyl (C=O) groups is 1. The van der Waals surface area contributed by atoms with Crippen molar-refractivity contribution in [2.45, 2.75) is 12.6 Å². The molecule has 3 rings (SSSR count). The Balaban J connectivity index is 0.000000687. The van der Waals surface area contributed by atoms with Crippen LogP contribution in [0.1, 0.15) is 22.0 Å². The molecular weight excluding hydrogens is 445 g/mol. The number of esters is 1. The maximum absolute atomic E-state index is 12.5. The van der Waals surface area contributed by atoms with Gasteiger partial charge in [0.2, 0.25) is 0 Å². The molecule has 2 aromatic carbocycles. The Labute approximate surface area is 180 Å². The first-order valence-electron chi connectivity index (χ1n) is 7.96. The Kier molecular flexibility index (Phi) is 8.26. The molecule has 0 saturated heterocycles. The first kappa shape index (κ1) is 22.5. The van der Waals surface area contributed by atoms with Crippen LogP contribution in [-0.2, 0) is 11.3 Å². The average Bonchev–Trinajstić information content (AvgIpc) is 3.14. The highest BCUT2D eigenvalue weighted by molar-refractivity contribution is 6.35. The van der Waals surface area contributed by atoms with E-state index in [1.165, 1.54) is 0 Å². The third-order valence-corrected chi connectivity index (χ3v) is 4.39. The molecule has 0 radical (unpaired) electrons. The minimum atomic E-state index is -1.50. The molecule has 0 aliphatic heterocycles. The minimum absolute atomic E-state index is 0.376. The summed E-state index contributed by atoms with van der Waals surface area (Å²) in [6, 6.07) is 11.6. The van der Waals surface area contributed by atoms with E-state index in [0.717, 1.165) is 0 Å². The van der Waals surface area contributed by atoms with Crippen LogP contribution in [-0.4, -0.2) is 25.8 Å². The van der Waals surface area contributed by atoms with Gasteiger partial charge in [0, 0.05) is 33.0 Å². The SMILES string of the molecule is O=C(OC(Cn1ccnc1)c1ccc(Cl)cc1Cl)c1ccc(Cl)cc1.O=[N+]([O-])O. The Morgan fingerprint density at radius 2 is 1.79 bits per heavy atom. The number of benzene rings is 2. The molecule has 8 nitrogen and oxygen atoms in total. The number of nitrogens with zero attached hydrogens (tertiary/aromatic N) is 3. The standard InChI is InChI=1S/C18H13Cl3N2O2.HNO3/c19-13-3-1-12(2-4-13)18(24)25-17(10-23-8-7-22-11-23)15-6-5-14(20)9-16(15)21;2-1(3)4/h1-9,11,17H,10H2;(H,2,3,4). The van der Waals surface area contributed by atoms with Gasteiger partial charge in [0.1, 0.15) is 6.10 Å². The van der Waals surface area contributed by atoms with Crippen molar-refractivity contribution in [2.24, 2.45) is 0 Å². The predicted molar refractivity (Wildman–Crippen MR) is 107 cm³/mol. The summed E-state index contributed by atoms with van der Waals surface area (Å²) in [5.41, 5.74) is 1.08. The lowest BCUT2D eigenvalue weighted by atomic mass is 10.1. The Bertz CT molecular complexity index is 961. The van der Waals surface area contributed by atoms with E-state index in [-0.39, 0.29) is 0 Å². The fourth-order valence-electron chi connectivity index (χ4n) is 2.33. The van der Waals surface area contributed by atoms with Crippen molar-refractivity contribution in [1.29, 1.82) is 0 Å². The smallest absolute Gasteiger partial charge is 0.338 e. The molecule has 0 fully saturated rings. The highest BCUT2D eigenvalue weighted by Gasteiger charge is 2.21. The van der Waals surface area contributed by atoms with Crippen LogP contribution in [0.4, 0.5) is 0 Å². The van der Waals surface area contributed by atoms with Gasteiger partial charge >= 0.3 is 5.97 Å². The van der Waals surface area contributed by atoms with Crippen LogP contribution in [0.2, 0.25) is 15.1 Å². The van der Waals surface area contributed by atoms with Gasteiger partial charge in [0.25, 0.3) is 5.09 Å². The van der Waals surface area contributed by atoms with Crippen molar-refractivity contribution in [3.63, 3.8) is 0 Å². The molecule has 0 spiro atoms. The lowest BCUT2D eigenvalue weighted by Gasteiger charge is -2.20. The van der Waals surface area contributed by atoms with Gasteiger partial charge in [-0.15, -0.1) is 10.1 Å². The number of halogens is 3. The number of hydrogen-bond donors (Lipinski definition) is 1. The quantitative estimate of drug-likeness (QED) is 0.324. The number of imidazole rings is 1. The van der Waals surface area contributed by atoms with Gasteiger partial charge in [-0.05, 0) is 36.4 Å². The number of hydrogen-bond acceptors (Lipinski definition) is 5.